The van der Waals surface area contributed by atoms with Crippen LogP contribution in [-0.4, -0.2) is 43.5 Å². The van der Waals surface area contributed by atoms with Gasteiger partial charge in [0, 0.05) is 18.3 Å². The van der Waals surface area contributed by atoms with Crippen LogP contribution in [0.5, 0.6) is 0 Å². The SMILES string of the molecule is Cc1[nH]ncc1CCCNS(=O)(=O)CCCNC1CC1. The Balaban J connectivity index is 1.55. The molecule has 6 nitrogen and oxygen atoms in total. The van der Waals surface area contributed by atoms with Crippen molar-refractivity contribution in [3.63, 3.8) is 0 Å². The molecule has 0 unspecified atom stereocenters. The molecule has 1 aliphatic rings. The number of nitrogens with zero attached hydrogens (tertiary/aromatic N) is 1. The van der Waals surface area contributed by atoms with Crippen LogP contribution in [0.15, 0.2) is 6.20 Å². The van der Waals surface area contributed by atoms with Crippen LogP contribution in [0.1, 0.15) is 36.9 Å². The van der Waals surface area contributed by atoms with E-state index >= 15 is 0 Å². The van der Waals surface area contributed by atoms with Crippen molar-refractivity contribution in [1.82, 2.24) is 20.2 Å². The molecule has 1 aliphatic carbocycles. The van der Waals surface area contributed by atoms with Crippen molar-refractivity contribution in [2.24, 2.45) is 0 Å². The Hall–Kier alpha value is -0.920. The number of rotatable bonds is 10. The van der Waals surface area contributed by atoms with Crippen LogP contribution < -0.4 is 10.0 Å². The second-order valence-electron chi connectivity index (χ2n) is 5.42. The highest BCUT2D eigenvalue weighted by atomic mass is 32.2. The van der Waals surface area contributed by atoms with E-state index in [-0.39, 0.29) is 5.75 Å². The predicted octanol–water partition coefficient (Wildman–Crippen LogP) is 0.712. The maximum atomic E-state index is 11.8. The van der Waals surface area contributed by atoms with Gasteiger partial charge in [0.25, 0.3) is 0 Å². The Bertz CT molecular complexity index is 508. The predicted molar refractivity (Wildman–Crippen MR) is 79.1 cm³/mol. The maximum Gasteiger partial charge on any atom is 0.211 e. The third-order valence-corrected chi connectivity index (χ3v) is 4.95. The van der Waals surface area contributed by atoms with Gasteiger partial charge in [-0.25, -0.2) is 13.1 Å². The maximum absolute atomic E-state index is 11.8. The molecule has 0 saturated heterocycles. The summed E-state index contributed by atoms with van der Waals surface area (Å²) in [5.74, 6) is 0.206. The van der Waals surface area contributed by atoms with E-state index in [0.717, 1.165) is 30.6 Å². The van der Waals surface area contributed by atoms with Crippen molar-refractivity contribution in [2.45, 2.75) is 45.1 Å². The molecule has 1 heterocycles. The molecule has 1 aromatic heterocycles. The molecule has 0 aliphatic heterocycles. The highest BCUT2D eigenvalue weighted by Crippen LogP contribution is 2.18. The molecule has 0 spiro atoms. The lowest BCUT2D eigenvalue weighted by molar-refractivity contribution is 0.572. The average molecular weight is 300 g/mol. The third kappa shape index (κ3) is 5.60. The van der Waals surface area contributed by atoms with E-state index in [9.17, 15) is 8.42 Å². The quantitative estimate of drug-likeness (QED) is 0.556. The molecule has 3 N–H and O–H groups in total. The highest BCUT2D eigenvalue weighted by molar-refractivity contribution is 7.89. The molecule has 1 fully saturated rings. The molecule has 2 rings (SSSR count). The zero-order valence-corrected chi connectivity index (χ0v) is 12.8. The minimum absolute atomic E-state index is 0.206. The van der Waals surface area contributed by atoms with Gasteiger partial charge in [-0.3, -0.25) is 5.10 Å². The first kappa shape index (κ1) is 15.5. The summed E-state index contributed by atoms with van der Waals surface area (Å²) in [4.78, 5) is 0. The number of aryl methyl sites for hydroxylation is 2. The molecule has 0 radical (unpaired) electrons. The van der Waals surface area contributed by atoms with Gasteiger partial charge in [-0.15, -0.1) is 0 Å². The molecule has 20 heavy (non-hydrogen) atoms. The lowest BCUT2D eigenvalue weighted by Crippen LogP contribution is -2.29. The summed E-state index contributed by atoms with van der Waals surface area (Å²) < 4.78 is 26.2. The second kappa shape index (κ2) is 7.19. The topological polar surface area (TPSA) is 86.9 Å². The van der Waals surface area contributed by atoms with Gasteiger partial charge in [-0.1, -0.05) is 0 Å². The first-order valence-corrected chi connectivity index (χ1v) is 8.91. The van der Waals surface area contributed by atoms with Crippen molar-refractivity contribution in [2.75, 3.05) is 18.8 Å². The average Bonchev–Trinajstić information content (AvgIpc) is 3.14. The number of aromatic nitrogens is 2. The standard InChI is InChI=1S/C13H24N4O2S/c1-11-12(10-15-17-11)4-2-8-16-20(18,19)9-3-7-14-13-5-6-13/h10,13-14,16H,2-9H2,1H3,(H,15,17). The van der Waals surface area contributed by atoms with Crippen LogP contribution in [0.4, 0.5) is 0 Å². The monoisotopic (exact) mass is 300 g/mol. The number of aromatic amines is 1. The van der Waals surface area contributed by atoms with Crippen LogP contribution in [0.25, 0.3) is 0 Å². The van der Waals surface area contributed by atoms with E-state index < -0.39 is 10.0 Å². The Morgan fingerprint density at radius 2 is 2.15 bits per heavy atom. The van der Waals surface area contributed by atoms with Gasteiger partial charge >= 0.3 is 0 Å². The van der Waals surface area contributed by atoms with E-state index in [1.165, 1.54) is 12.8 Å². The van der Waals surface area contributed by atoms with Gasteiger partial charge in [-0.2, -0.15) is 5.10 Å². The molecule has 0 bridgehead atoms. The highest BCUT2D eigenvalue weighted by Gasteiger charge is 2.20. The molecule has 0 amide bonds. The van der Waals surface area contributed by atoms with E-state index in [4.69, 9.17) is 0 Å². The molecule has 1 aromatic rings. The van der Waals surface area contributed by atoms with Gasteiger partial charge in [0.1, 0.15) is 0 Å². The minimum Gasteiger partial charge on any atom is -0.314 e. The Morgan fingerprint density at radius 1 is 1.35 bits per heavy atom. The third-order valence-electron chi connectivity index (χ3n) is 3.48. The number of sulfonamides is 1. The summed E-state index contributed by atoms with van der Waals surface area (Å²) in [6.45, 7) is 3.25. The fourth-order valence-electron chi connectivity index (χ4n) is 2.06. The van der Waals surface area contributed by atoms with Gasteiger partial charge in [0.2, 0.25) is 10.0 Å². The largest absolute Gasteiger partial charge is 0.314 e. The lowest BCUT2D eigenvalue weighted by Gasteiger charge is -2.07. The van der Waals surface area contributed by atoms with Gasteiger partial charge < -0.3 is 5.32 Å². The molecule has 7 heteroatoms. The minimum atomic E-state index is -3.12. The first-order chi connectivity index (χ1) is 9.57. The zero-order chi connectivity index (χ0) is 14.4. The Morgan fingerprint density at radius 3 is 2.80 bits per heavy atom. The van der Waals surface area contributed by atoms with Crippen LogP contribution >= 0.6 is 0 Å². The molecular formula is C13H24N4O2S. The summed E-state index contributed by atoms with van der Waals surface area (Å²) in [6.07, 6.45) is 6.57. The summed E-state index contributed by atoms with van der Waals surface area (Å²) in [5.41, 5.74) is 2.21. The molecular weight excluding hydrogens is 276 g/mol. The molecule has 114 valence electrons. The molecule has 0 atom stereocenters. The number of hydrogen-bond donors (Lipinski definition) is 3. The van der Waals surface area contributed by atoms with Crippen molar-refractivity contribution >= 4 is 10.0 Å². The van der Waals surface area contributed by atoms with Crippen molar-refractivity contribution in [3.05, 3.63) is 17.5 Å². The van der Waals surface area contributed by atoms with E-state index in [1.807, 2.05) is 6.92 Å². The van der Waals surface area contributed by atoms with Crippen LogP contribution in [0.3, 0.4) is 0 Å². The summed E-state index contributed by atoms with van der Waals surface area (Å²) in [6, 6.07) is 0.642. The van der Waals surface area contributed by atoms with Crippen molar-refractivity contribution < 1.29 is 8.42 Å². The van der Waals surface area contributed by atoms with E-state index in [2.05, 4.69) is 20.2 Å². The van der Waals surface area contributed by atoms with Gasteiger partial charge in [0.15, 0.2) is 0 Å². The smallest absolute Gasteiger partial charge is 0.211 e. The van der Waals surface area contributed by atoms with Crippen LogP contribution in [-0.2, 0) is 16.4 Å². The molecule has 1 saturated carbocycles. The number of nitrogens with one attached hydrogen (secondary N) is 3. The van der Waals surface area contributed by atoms with E-state index in [0.29, 0.717) is 19.0 Å². The summed E-state index contributed by atoms with van der Waals surface area (Å²) >= 11 is 0. The number of H-pyrrole nitrogens is 1. The van der Waals surface area contributed by atoms with Gasteiger partial charge in [0.05, 0.1) is 11.9 Å². The van der Waals surface area contributed by atoms with Gasteiger partial charge in [-0.05, 0) is 51.1 Å². The fourth-order valence-corrected chi connectivity index (χ4v) is 3.19. The lowest BCUT2D eigenvalue weighted by atomic mass is 10.1. The Kier molecular flexibility index (Phi) is 5.56. The van der Waals surface area contributed by atoms with Crippen LogP contribution in [0, 0.1) is 6.92 Å². The van der Waals surface area contributed by atoms with Crippen LogP contribution in [0.2, 0.25) is 0 Å². The van der Waals surface area contributed by atoms with E-state index in [1.54, 1.807) is 6.20 Å². The Labute approximate surface area is 120 Å². The molecule has 0 aromatic carbocycles. The summed E-state index contributed by atoms with van der Waals surface area (Å²) in [5, 5.41) is 10.1. The van der Waals surface area contributed by atoms with Crippen molar-refractivity contribution in [3.8, 4) is 0 Å². The normalized spacial score (nSPS) is 15.7. The summed E-state index contributed by atoms with van der Waals surface area (Å²) in [7, 11) is -3.12. The second-order valence-corrected chi connectivity index (χ2v) is 7.35. The fraction of sp³-hybridized carbons (Fsp3) is 0.769. The first-order valence-electron chi connectivity index (χ1n) is 7.26. The number of hydrogen-bond acceptors (Lipinski definition) is 4. The van der Waals surface area contributed by atoms with Crippen molar-refractivity contribution in [1.29, 1.82) is 0 Å². The zero-order valence-electron chi connectivity index (χ0n) is 12.0.